The number of benzene rings is 4. The van der Waals surface area contributed by atoms with Gasteiger partial charge in [0.05, 0.1) is 0 Å². The quantitative estimate of drug-likeness (QED) is 0.100. The molecule has 2 radical (unpaired) electrons. The summed E-state index contributed by atoms with van der Waals surface area (Å²) in [5, 5.41) is 4.47. The van der Waals surface area contributed by atoms with Crippen LogP contribution >= 0.6 is 17.0 Å². The summed E-state index contributed by atoms with van der Waals surface area (Å²) in [6, 6.07) is 29.2. The Hall–Kier alpha value is -3.04. The van der Waals surface area contributed by atoms with Crippen molar-refractivity contribution in [2.45, 2.75) is 53.5 Å². The summed E-state index contributed by atoms with van der Waals surface area (Å²) in [5.74, 6) is -0.390. The third kappa shape index (κ3) is 12.0. The van der Waals surface area contributed by atoms with Gasteiger partial charge in [0.1, 0.15) is 11.5 Å². The first kappa shape index (κ1) is 41.4. The second-order valence-corrected chi connectivity index (χ2v) is 16.0. The first-order valence-electron chi connectivity index (χ1n) is 15.1. The van der Waals surface area contributed by atoms with Crippen molar-refractivity contribution in [3.05, 3.63) is 119 Å². The molecule has 262 valence electrons. The molecule has 0 aliphatic heterocycles. The van der Waals surface area contributed by atoms with E-state index in [9.17, 15) is 26.3 Å². The monoisotopic (exact) mass is 824 g/mol. The van der Waals surface area contributed by atoms with Crippen LogP contribution < -0.4 is 9.47 Å². The molecule has 0 spiro atoms. The van der Waals surface area contributed by atoms with Crippen molar-refractivity contribution in [3.63, 3.8) is 0 Å². The van der Waals surface area contributed by atoms with Gasteiger partial charge in [0.15, 0.2) is 0 Å². The van der Waals surface area contributed by atoms with Crippen LogP contribution in [0, 0.1) is 27.7 Å². The van der Waals surface area contributed by atoms with Gasteiger partial charge < -0.3 is 9.47 Å². The second kappa shape index (κ2) is 18.5. The molecule has 0 amide bonds. The van der Waals surface area contributed by atoms with E-state index in [0.717, 1.165) is 75.6 Å². The van der Waals surface area contributed by atoms with E-state index in [1.165, 1.54) is 24.3 Å². The van der Waals surface area contributed by atoms with Gasteiger partial charge in [-0.1, -0.05) is 62.3 Å². The average molecular weight is 827 g/mol. The van der Waals surface area contributed by atoms with Gasteiger partial charge in [0, 0.05) is 9.52 Å². The molecule has 0 saturated heterocycles. The topological polar surface area (TPSA) is 18.5 Å². The zero-order valence-corrected chi connectivity index (χ0v) is 33.0. The number of halogens is 8. The van der Waals surface area contributed by atoms with Crippen LogP contribution in [0.3, 0.4) is 0 Å². The Kier molecular flexibility index (Phi) is 15.3. The molecule has 6 aromatic carbocycles. The van der Waals surface area contributed by atoms with Crippen LogP contribution in [0.25, 0.3) is 43.8 Å². The zero-order chi connectivity index (χ0) is 37.2. The molecule has 50 heavy (non-hydrogen) atoms. The fourth-order valence-corrected chi connectivity index (χ4v) is 5.51. The summed E-state index contributed by atoms with van der Waals surface area (Å²) in [7, 11) is 11.0. The molecular weight excluding hydrogens is 793 g/mol. The maximum atomic E-state index is 12.3. The minimum absolute atomic E-state index is 0.195. The van der Waals surface area contributed by atoms with Gasteiger partial charge in [-0.25, -0.2) is 0 Å². The summed E-state index contributed by atoms with van der Waals surface area (Å²) >= 11 is -0.826. The summed E-state index contributed by atoms with van der Waals surface area (Å²) in [5.41, 5.74) is 7.66. The normalized spacial score (nSPS) is 11.0. The predicted molar refractivity (Wildman–Crippen MR) is 191 cm³/mol. The van der Waals surface area contributed by atoms with E-state index < -0.39 is 33.6 Å². The summed E-state index contributed by atoms with van der Waals surface area (Å²) < 4.78 is 81.6. The van der Waals surface area contributed by atoms with Crippen LogP contribution in [0.4, 0.5) is 26.3 Å². The molecule has 0 N–H and O–H groups in total. The molecule has 0 bridgehead atoms. The zero-order valence-electron chi connectivity index (χ0n) is 28.1. The van der Waals surface area contributed by atoms with E-state index >= 15 is 0 Å². The number of rotatable bonds is 4. The molecule has 2 nitrogen and oxygen atoms in total. The van der Waals surface area contributed by atoms with Crippen LogP contribution in [0.1, 0.15) is 22.3 Å². The van der Waals surface area contributed by atoms with E-state index in [-0.39, 0.29) is 11.5 Å². The van der Waals surface area contributed by atoms with E-state index in [0.29, 0.717) is 0 Å². The van der Waals surface area contributed by atoms with Gasteiger partial charge in [0.25, 0.3) is 0 Å². The molecule has 0 atom stereocenters. The van der Waals surface area contributed by atoms with E-state index in [4.69, 9.17) is 17.0 Å². The van der Waals surface area contributed by atoms with Crippen LogP contribution in [0.5, 0.6) is 11.5 Å². The van der Waals surface area contributed by atoms with Crippen molar-refractivity contribution in [2.24, 2.45) is 0 Å². The van der Waals surface area contributed by atoms with Crippen molar-refractivity contribution >= 4 is 48.1 Å². The minimum atomic E-state index is -4.67. The predicted octanol–water partition coefficient (Wildman–Crippen LogP) is 13.6. The van der Waals surface area contributed by atoms with E-state index in [2.05, 4.69) is 46.8 Å². The van der Waals surface area contributed by atoms with Gasteiger partial charge in [-0.15, -0.1) is 95.4 Å². The molecule has 6 aromatic rings. The van der Waals surface area contributed by atoms with Crippen molar-refractivity contribution < 1.29 is 56.7 Å². The van der Waals surface area contributed by atoms with Crippen LogP contribution in [0.2, 0.25) is 13.1 Å². The van der Waals surface area contributed by atoms with Crippen LogP contribution in [-0.2, 0) is 20.8 Å². The molecule has 0 aliphatic carbocycles. The number of hydrogen-bond donors (Lipinski definition) is 0. The molecule has 0 fully saturated rings. The van der Waals surface area contributed by atoms with E-state index in [1.54, 1.807) is 26.0 Å². The Balaban J connectivity index is 0.000000234. The van der Waals surface area contributed by atoms with Crippen LogP contribution in [0.15, 0.2) is 97.1 Å². The fraction of sp³-hybridized carbons (Fsp3) is 0.211. The van der Waals surface area contributed by atoms with Gasteiger partial charge >= 0.3 is 50.6 Å². The summed E-state index contributed by atoms with van der Waals surface area (Å²) in [6.45, 7) is 11.9. The van der Waals surface area contributed by atoms with E-state index in [1.807, 2.05) is 50.2 Å². The molecule has 0 saturated carbocycles. The van der Waals surface area contributed by atoms with Gasteiger partial charge in [0.2, 0.25) is 0 Å². The summed E-state index contributed by atoms with van der Waals surface area (Å²) in [4.78, 5) is 0. The molecule has 0 heterocycles. The SMILES string of the molecule is C[Si]C.Cc1cc2c(-c3ccc(OC(F)(F)F)cc3C)cccc2[cH-]1.Cc1cc2c(-c3ccc(OC(F)(F)F)cc3C)cccc2[cH-]1.[Cl][Zr+2][Cl]. The Morgan fingerprint density at radius 2 is 0.900 bits per heavy atom. The number of fused-ring (bicyclic) bond motifs is 2. The van der Waals surface area contributed by atoms with Gasteiger partial charge in [-0.2, -0.15) is 12.1 Å². The Morgan fingerprint density at radius 1 is 0.560 bits per heavy atom. The first-order valence-corrected chi connectivity index (χ1v) is 23.4. The first-order chi connectivity index (χ1) is 23.5. The molecule has 0 aliphatic rings. The second-order valence-electron chi connectivity index (χ2n) is 11.3. The average Bonchev–Trinajstić information content (AvgIpc) is 3.58. The van der Waals surface area contributed by atoms with Crippen molar-refractivity contribution in [2.75, 3.05) is 0 Å². The third-order valence-electron chi connectivity index (χ3n) is 7.23. The van der Waals surface area contributed by atoms with Gasteiger partial charge in [-0.3, -0.25) is 0 Å². The third-order valence-corrected chi connectivity index (χ3v) is 7.23. The Labute approximate surface area is 309 Å². The number of aryl methyl sites for hydroxylation is 4. The number of hydrogen-bond acceptors (Lipinski definition) is 2. The number of ether oxygens (including phenoxy) is 2. The van der Waals surface area contributed by atoms with Crippen molar-refractivity contribution in [1.82, 2.24) is 0 Å². The number of alkyl halides is 6. The molecule has 0 unspecified atom stereocenters. The fourth-order valence-electron chi connectivity index (χ4n) is 5.51. The maximum absolute atomic E-state index is 12.3. The summed E-state index contributed by atoms with van der Waals surface area (Å²) in [6.07, 6.45) is -9.34. The molecule has 6 rings (SSSR count). The molecular formula is C38H34Cl2F6O2SiZr. The van der Waals surface area contributed by atoms with Crippen LogP contribution in [-0.4, -0.2) is 22.2 Å². The Bertz CT molecular complexity index is 1860. The van der Waals surface area contributed by atoms with Gasteiger partial charge in [-0.05, 0) is 60.4 Å². The van der Waals surface area contributed by atoms with Crippen molar-refractivity contribution in [3.8, 4) is 33.8 Å². The molecule has 0 aromatic heterocycles. The standard InChI is InChI=1S/2C18H14F3O.C2H6Si.2ClH.Zr/c2*1-11-8-13-4-3-5-16(17(13)9-11)15-7-6-14(10-12(15)2)22-18(19,20)21;1-3-2;;;/h2*3-10H,1-2H3;1-2H3;2*1H;/q2*-1;;;;+4/p-2. The van der Waals surface area contributed by atoms with Crippen molar-refractivity contribution in [1.29, 1.82) is 0 Å². The molecule has 12 heteroatoms. The Morgan fingerprint density at radius 3 is 1.20 bits per heavy atom.